The van der Waals surface area contributed by atoms with Gasteiger partial charge in [-0.2, -0.15) is 0 Å². The molecule has 0 bridgehead atoms. The Balaban J connectivity index is 2.18. The summed E-state index contributed by atoms with van der Waals surface area (Å²) in [5.74, 6) is -0.369. The van der Waals surface area contributed by atoms with E-state index in [0.29, 0.717) is 5.56 Å². The van der Waals surface area contributed by atoms with Crippen molar-refractivity contribution in [3.8, 4) is 0 Å². The van der Waals surface area contributed by atoms with Crippen molar-refractivity contribution >= 4 is 21.4 Å². The number of nitrogens with zero attached hydrogens (tertiary/aromatic N) is 1. The van der Waals surface area contributed by atoms with Crippen molar-refractivity contribution in [2.75, 3.05) is 18.3 Å². The summed E-state index contributed by atoms with van der Waals surface area (Å²) >= 11 is 0. The molecule has 110 valence electrons. The monoisotopic (exact) mass is 304 g/mol. The first-order valence-electron chi connectivity index (χ1n) is 6.28. The minimum absolute atomic E-state index is 0.123. The van der Waals surface area contributed by atoms with Gasteiger partial charge in [0, 0.05) is 18.9 Å². The molecule has 21 heavy (non-hydrogen) atoms. The van der Waals surface area contributed by atoms with Crippen molar-refractivity contribution in [1.29, 1.82) is 0 Å². The summed E-state index contributed by atoms with van der Waals surface area (Å²) in [6.07, 6.45) is 1.11. The SMILES string of the molecule is CN(NC(=O)c1cccc(S(C)(=O)=O)c1)c1ccccc1. The molecule has 2 rings (SSSR count). The second kappa shape index (κ2) is 5.97. The van der Waals surface area contributed by atoms with E-state index in [-0.39, 0.29) is 10.8 Å². The van der Waals surface area contributed by atoms with Gasteiger partial charge >= 0.3 is 0 Å². The van der Waals surface area contributed by atoms with Crippen molar-refractivity contribution in [2.24, 2.45) is 0 Å². The number of carbonyl (C=O) groups is 1. The normalized spacial score (nSPS) is 11.0. The number of hydrogen-bond donors (Lipinski definition) is 1. The van der Waals surface area contributed by atoms with Crippen molar-refractivity contribution in [1.82, 2.24) is 5.43 Å². The molecule has 1 amide bonds. The second-order valence-electron chi connectivity index (χ2n) is 4.64. The molecular weight excluding hydrogens is 288 g/mol. The lowest BCUT2D eigenvalue weighted by atomic mass is 10.2. The molecule has 0 aliphatic rings. The highest BCUT2D eigenvalue weighted by Gasteiger charge is 2.12. The van der Waals surface area contributed by atoms with Crippen LogP contribution in [0.5, 0.6) is 0 Å². The molecule has 0 spiro atoms. The molecule has 0 aliphatic heterocycles. The quantitative estimate of drug-likeness (QED) is 0.876. The van der Waals surface area contributed by atoms with Gasteiger partial charge < -0.3 is 0 Å². The van der Waals surface area contributed by atoms with Gasteiger partial charge in [0.1, 0.15) is 0 Å². The highest BCUT2D eigenvalue weighted by Crippen LogP contribution is 2.13. The zero-order valence-corrected chi connectivity index (χ0v) is 12.6. The average molecular weight is 304 g/mol. The molecule has 5 nitrogen and oxygen atoms in total. The summed E-state index contributed by atoms with van der Waals surface area (Å²) in [5, 5.41) is 1.58. The molecule has 0 unspecified atom stereocenters. The predicted octanol–water partition coefficient (Wildman–Crippen LogP) is 1.87. The fraction of sp³-hybridized carbons (Fsp3) is 0.133. The van der Waals surface area contributed by atoms with E-state index in [4.69, 9.17) is 0 Å². The van der Waals surface area contributed by atoms with Crippen LogP contribution < -0.4 is 10.4 Å². The highest BCUT2D eigenvalue weighted by atomic mass is 32.2. The molecule has 0 aromatic heterocycles. The summed E-state index contributed by atoms with van der Waals surface area (Å²) in [7, 11) is -1.62. The van der Waals surface area contributed by atoms with Crippen LogP contribution in [0.15, 0.2) is 59.5 Å². The molecule has 0 atom stereocenters. The van der Waals surface area contributed by atoms with Gasteiger partial charge in [0.15, 0.2) is 9.84 Å². The lowest BCUT2D eigenvalue weighted by Gasteiger charge is -2.20. The van der Waals surface area contributed by atoms with Crippen molar-refractivity contribution in [3.63, 3.8) is 0 Å². The lowest BCUT2D eigenvalue weighted by molar-refractivity contribution is 0.0951. The highest BCUT2D eigenvalue weighted by molar-refractivity contribution is 7.90. The third-order valence-corrected chi connectivity index (χ3v) is 4.05. The smallest absolute Gasteiger partial charge is 0.269 e. The first-order valence-corrected chi connectivity index (χ1v) is 8.17. The van der Waals surface area contributed by atoms with Crippen molar-refractivity contribution < 1.29 is 13.2 Å². The fourth-order valence-corrected chi connectivity index (χ4v) is 2.47. The molecule has 0 saturated heterocycles. The van der Waals surface area contributed by atoms with Crippen LogP contribution in [0.2, 0.25) is 0 Å². The second-order valence-corrected chi connectivity index (χ2v) is 6.65. The predicted molar refractivity (Wildman–Crippen MR) is 81.9 cm³/mol. The van der Waals surface area contributed by atoms with E-state index in [1.165, 1.54) is 12.1 Å². The van der Waals surface area contributed by atoms with Gasteiger partial charge in [-0.3, -0.25) is 15.2 Å². The Morgan fingerprint density at radius 1 is 1.05 bits per heavy atom. The summed E-state index contributed by atoms with van der Waals surface area (Å²) in [5.41, 5.74) is 3.81. The number of sulfone groups is 1. The molecule has 1 N–H and O–H groups in total. The number of rotatable bonds is 4. The topological polar surface area (TPSA) is 66.5 Å². The number of hydrogen-bond acceptors (Lipinski definition) is 4. The Morgan fingerprint density at radius 3 is 2.33 bits per heavy atom. The Hall–Kier alpha value is -2.34. The maximum Gasteiger partial charge on any atom is 0.269 e. The van der Waals surface area contributed by atoms with Crippen molar-refractivity contribution in [2.45, 2.75) is 4.90 Å². The maximum atomic E-state index is 12.2. The van der Waals surface area contributed by atoms with Gasteiger partial charge in [0.05, 0.1) is 10.6 Å². The fourth-order valence-electron chi connectivity index (χ4n) is 1.80. The van der Waals surface area contributed by atoms with E-state index in [2.05, 4.69) is 5.43 Å². The summed E-state index contributed by atoms with van der Waals surface area (Å²) in [6, 6.07) is 15.3. The Kier molecular flexibility index (Phi) is 4.28. The minimum Gasteiger partial charge on any atom is -0.288 e. The van der Waals surface area contributed by atoms with Crippen LogP contribution in [0.25, 0.3) is 0 Å². The van der Waals surface area contributed by atoms with E-state index in [9.17, 15) is 13.2 Å². The molecule has 2 aromatic carbocycles. The zero-order chi connectivity index (χ0) is 15.5. The van der Waals surface area contributed by atoms with Crippen LogP contribution in [0.4, 0.5) is 5.69 Å². The first kappa shape index (κ1) is 15.1. The summed E-state index contributed by atoms with van der Waals surface area (Å²) in [4.78, 5) is 12.3. The molecule has 0 heterocycles. The molecule has 6 heteroatoms. The molecular formula is C15H16N2O3S. The van der Waals surface area contributed by atoms with Gasteiger partial charge in [0.2, 0.25) is 0 Å². The summed E-state index contributed by atoms with van der Waals surface area (Å²) in [6.45, 7) is 0. The van der Waals surface area contributed by atoms with Gasteiger partial charge in [0.25, 0.3) is 5.91 Å². The summed E-state index contributed by atoms with van der Waals surface area (Å²) < 4.78 is 23.0. The number of anilines is 1. The number of benzene rings is 2. The van der Waals surface area contributed by atoms with E-state index in [1.54, 1.807) is 24.2 Å². The zero-order valence-electron chi connectivity index (χ0n) is 11.8. The lowest BCUT2D eigenvalue weighted by Crippen LogP contribution is -2.39. The average Bonchev–Trinajstić information content (AvgIpc) is 2.47. The number of para-hydroxylation sites is 1. The third-order valence-electron chi connectivity index (χ3n) is 2.94. The van der Waals surface area contributed by atoms with E-state index in [1.807, 2.05) is 30.3 Å². The van der Waals surface area contributed by atoms with Crippen LogP contribution in [-0.2, 0) is 9.84 Å². The van der Waals surface area contributed by atoms with Gasteiger partial charge in [-0.25, -0.2) is 8.42 Å². The van der Waals surface area contributed by atoms with Crippen LogP contribution in [-0.4, -0.2) is 27.6 Å². The number of hydrazine groups is 1. The minimum atomic E-state index is -3.33. The Labute approximate surface area is 124 Å². The van der Waals surface area contributed by atoms with Gasteiger partial charge in [-0.15, -0.1) is 0 Å². The van der Waals surface area contributed by atoms with Crippen LogP contribution in [0, 0.1) is 0 Å². The molecule has 0 aliphatic carbocycles. The third kappa shape index (κ3) is 3.82. The van der Waals surface area contributed by atoms with Gasteiger partial charge in [-0.1, -0.05) is 24.3 Å². The van der Waals surface area contributed by atoms with E-state index < -0.39 is 9.84 Å². The standard InChI is InChI=1S/C15H16N2O3S/c1-17(13-8-4-3-5-9-13)16-15(18)12-7-6-10-14(11-12)21(2,19)20/h3-11H,1-2H3,(H,16,18). The van der Waals surface area contributed by atoms with Crippen LogP contribution >= 0.6 is 0 Å². The largest absolute Gasteiger partial charge is 0.288 e. The first-order chi connectivity index (χ1) is 9.88. The molecule has 2 aromatic rings. The number of nitrogens with one attached hydrogen (secondary N) is 1. The maximum absolute atomic E-state index is 12.2. The van der Waals surface area contributed by atoms with Crippen molar-refractivity contribution in [3.05, 3.63) is 60.2 Å². The Bertz CT molecular complexity index is 743. The van der Waals surface area contributed by atoms with E-state index in [0.717, 1.165) is 11.9 Å². The van der Waals surface area contributed by atoms with Crippen LogP contribution in [0.3, 0.4) is 0 Å². The molecule has 0 saturated carbocycles. The Morgan fingerprint density at radius 2 is 1.71 bits per heavy atom. The molecule has 0 fully saturated rings. The molecule has 0 radical (unpaired) electrons. The van der Waals surface area contributed by atoms with Gasteiger partial charge in [-0.05, 0) is 30.3 Å². The van der Waals surface area contributed by atoms with Crippen LogP contribution in [0.1, 0.15) is 10.4 Å². The number of amides is 1. The van der Waals surface area contributed by atoms with E-state index >= 15 is 0 Å². The number of carbonyl (C=O) groups excluding carboxylic acids is 1.